The number of anilines is 2. The summed E-state index contributed by atoms with van der Waals surface area (Å²) in [6.45, 7) is -0.657. The summed E-state index contributed by atoms with van der Waals surface area (Å²) in [6, 6.07) is 14.6. The van der Waals surface area contributed by atoms with E-state index in [-0.39, 0.29) is 5.82 Å². The zero-order valence-electron chi connectivity index (χ0n) is 39.5. The van der Waals surface area contributed by atoms with E-state index in [0.717, 1.165) is 50.5 Å². The molecule has 41 radical (unpaired) electrons. The van der Waals surface area contributed by atoms with Crippen molar-refractivity contribution in [1.29, 1.82) is 0 Å². The van der Waals surface area contributed by atoms with Gasteiger partial charge in [-0.25, -0.2) is 0 Å². The zero-order chi connectivity index (χ0) is 50.2. The van der Waals surface area contributed by atoms with Crippen LogP contribution in [0.5, 0.6) is 0 Å². The molecule has 0 amide bonds. The fourth-order valence-electron chi connectivity index (χ4n) is 13.1. The minimum Gasteiger partial charge on any atom is -0.399 e. The second-order valence-corrected chi connectivity index (χ2v) is 20.4. The van der Waals surface area contributed by atoms with E-state index in [9.17, 15) is 0 Å². The summed E-state index contributed by atoms with van der Waals surface area (Å²) in [7, 11) is 134. The molecule has 2 fully saturated rings. The molecule has 2 aromatic rings. The number of hydrogen-bond acceptors (Lipinski definition) is 2. The van der Waals surface area contributed by atoms with Crippen molar-refractivity contribution < 1.29 is 0 Å². The van der Waals surface area contributed by atoms with Gasteiger partial charge in [-0.05, 0) is 84.7 Å². The van der Waals surface area contributed by atoms with Gasteiger partial charge in [0.25, 0.3) is 0 Å². The summed E-state index contributed by atoms with van der Waals surface area (Å²) < 4.78 is 0. The van der Waals surface area contributed by atoms with Crippen LogP contribution in [-0.2, 0) is 6.42 Å². The standard InChI is InChI=1S/C25H33B40N2/c26-46-57(45)64(56(43)44)59(65(62(52(35)36)53(37)38)63(54(39)40)55(41)42)47(58(60(48(27)28)49(29)30)61(50(31)32)51(33)34)23-11-9-22(10-12-23)21-7-5-20(6-8-21)19-3-1-17(2-4-19)13-18-14-24(66)16-25(67)15-18/h1-4,14-16,20-23H,5-13,66-67H2. The number of rotatable bonds is 24. The lowest BCUT2D eigenvalue weighted by atomic mass is 8.30. The van der Waals surface area contributed by atoms with Gasteiger partial charge in [0, 0.05) is 295 Å². The van der Waals surface area contributed by atoms with Gasteiger partial charge in [0.1, 0.15) is 0 Å². The van der Waals surface area contributed by atoms with Crippen LogP contribution >= 0.6 is 0 Å². The number of nitrogen functional groups attached to an aromatic ring is 2. The molecule has 4 rings (SSSR count). The van der Waals surface area contributed by atoms with E-state index in [2.05, 4.69) is 24.3 Å². The van der Waals surface area contributed by atoms with Crippen LogP contribution in [0.15, 0.2) is 42.5 Å². The highest BCUT2D eigenvalue weighted by Crippen LogP contribution is 2.46. The third kappa shape index (κ3) is 15.8. The van der Waals surface area contributed by atoms with Crippen LogP contribution in [0.1, 0.15) is 74.0 Å². The monoisotopic (exact) mass is 802 g/mol. The lowest BCUT2D eigenvalue weighted by molar-refractivity contribution is 0.186. The van der Waals surface area contributed by atoms with Gasteiger partial charge in [-0.3, -0.25) is 0 Å². The van der Waals surface area contributed by atoms with Crippen molar-refractivity contribution in [2.24, 2.45) is 11.8 Å². The van der Waals surface area contributed by atoms with Crippen molar-refractivity contribution in [2.45, 2.75) is 69.5 Å². The minimum atomic E-state index is -1.16. The molecule has 0 atom stereocenters. The SMILES string of the molecule is [B][B]B([B])B(B([B])[B])B(B(B(B([B])[B])B([B])[B])B(B([B])[B])B([B])[B])B(B(B(B([B])[B])B([B])[B])B(B([B])[B])B([B])[B])C1CCC(C2CCC(c3ccc(Cc4cc(N)cc(N)c4)cc3)CC2)CC1. The Kier molecular flexibility index (Phi) is 25.0. The molecule has 4 N–H and O–H groups in total. The van der Waals surface area contributed by atoms with Crippen LogP contribution < -0.4 is 11.5 Å². The molecular weight excluding hydrogens is 761 g/mol. The smallest absolute Gasteiger partial charge is 0.0491 e. The van der Waals surface area contributed by atoms with Crippen LogP contribution in [0.4, 0.5) is 11.4 Å². The van der Waals surface area contributed by atoms with Gasteiger partial charge in [0.2, 0.25) is 0 Å². The van der Waals surface area contributed by atoms with Gasteiger partial charge in [-0.2, -0.15) is 0 Å². The van der Waals surface area contributed by atoms with Crippen molar-refractivity contribution in [3.8, 4) is 0 Å². The molecule has 2 aromatic carbocycles. The maximum atomic E-state index is 6.95. The third-order valence-corrected chi connectivity index (χ3v) is 15.9. The Balaban J connectivity index is 1.80. The predicted octanol–water partition coefficient (Wildman–Crippen LogP) is -8.99. The second-order valence-electron chi connectivity index (χ2n) is 20.4. The van der Waals surface area contributed by atoms with Crippen molar-refractivity contribution in [3.05, 3.63) is 59.2 Å². The van der Waals surface area contributed by atoms with Gasteiger partial charge in [0.15, 0.2) is 0 Å². The molecule has 0 bridgehead atoms. The molecule has 0 saturated heterocycles. The van der Waals surface area contributed by atoms with Gasteiger partial charge < -0.3 is 11.5 Å². The van der Waals surface area contributed by atoms with E-state index >= 15 is 0 Å². The van der Waals surface area contributed by atoms with Gasteiger partial charge in [-0.1, -0.05) is 55.8 Å². The first-order valence-electron chi connectivity index (χ1n) is 24.1. The van der Waals surface area contributed by atoms with Crippen LogP contribution in [0.3, 0.4) is 0 Å². The van der Waals surface area contributed by atoms with Crippen LogP contribution in [0.2, 0.25) is 5.82 Å². The molecule has 0 aromatic heterocycles. The van der Waals surface area contributed by atoms with Gasteiger partial charge in [-0.15, -0.1) is 0 Å². The molecule has 2 nitrogen and oxygen atoms in total. The Morgan fingerprint density at radius 2 is 0.746 bits per heavy atom. The average Bonchev–Trinajstić information content (AvgIpc) is 3.22. The second kappa shape index (κ2) is 27.8. The number of nitrogens with two attached hydrogens (primary N) is 2. The Bertz CT molecular complexity index is 1650. The summed E-state index contributed by atoms with van der Waals surface area (Å²) in [5, 5.41) is 0. The van der Waals surface area contributed by atoms with E-state index in [1.807, 2.05) is 12.1 Å². The number of hydrogen-bond donors (Lipinski definition) is 2. The summed E-state index contributed by atoms with van der Waals surface area (Å²) in [6.07, 6.45) is -10.1. The highest BCUT2D eigenvalue weighted by molar-refractivity contribution is 8.29. The van der Waals surface area contributed by atoms with Crippen LogP contribution in [-0.4, -0.2) is 283 Å². The first-order chi connectivity index (χ1) is 31.4. The lowest BCUT2D eigenvalue weighted by Crippen LogP contribution is -2.91. The Morgan fingerprint density at radius 3 is 1.10 bits per heavy atom. The van der Waals surface area contributed by atoms with Gasteiger partial charge in [0.05, 0.1) is 0 Å². The Hall–Kier alpha value is 0.637. The first kappa shape index (κ1) is 60.2. The molecule has 2 aliphatic carbocycles. The molecule has 67 heavy (non-hydrogen) atoms. The van der Waals surface area contributed by atoms with E-state index in [4.69, 9.17) is 166 Å². The van der Waals surface area contributed by atoms with Crippen molar-refractivity contribution in [2.75, 3.05) is 11.5 Å². The molecule has 0 heterocycles. The van der Waals surface area contributed by atoms with Gasteiger partial charge >= 0.3 is 0 Å². The largest absolute Gasteiger partial charge is 0.399 e. The molecule has 2 saturated carbocycles. The molecular formula is C25H33B40N2. The fraction of sp³-hybridized carbons (Fsp3) is 0.520. The lowest BCUT2D eigenvalue weighted by Gasteiger charge is -2.55. The predicted molar refractivity (Wildman–Crippen MR) is 345 cm³/mol. The van der Waals surface area contributed by atoms with E-state index in [1.54, 1.807) is 6.07 Å². The molecule has 0 aliphatic heterocycles. The average molecular weight is 794 g/mol. The van der Waals surface area contributed by atoms with Crippen molar-refractivity contribution >= 4 is 295 Å². The number of benzene rings is 2. The van der Waals surface area contributed by atoms with E-state index in [0.29, 0.717) is 42.0 Å². The van der Waals surface area contributed by atoms with E-state index in [1.165, 1.54) is 18.2 Å². The maximum Gasteiger partial charge on any atom is 0.0491 e. The summed E-state index contributed by atoms with van der Waals surface area (Å²) in [5.41, 5.74) is 17.1. The van der Waals surface area contributed by atoms with Crippen LogP contribution in [0, 0.1) is 11.8 Å². The third-order valence-electron chi connectivity index (χ3n) is 15.9. The van der Waals surface area contributed by atoms with E-state index < -0.39 is 121 Å². The minimum absolute atomic E-state index is 0.189. The molecule has 0 spiro atoms. The van der Waals surface area contributed by atoms with Crippen LogP contribution in [0.25, 0.3) is 0 Å². The summed E-state index contributed by atoms with van der Waals surface area (Å²) >= 11 is 0. The maximum absolute atomic E-state index is 6.95. The highest BCUT2D eigenvalue weighted by atomic mass is 14.6. The Morgan fingerprint density at radius 1 is 0.403 bits per heavy atom. The fourth-order valence-corrected chi connectivity index (χ4v) is 13.1. The highest BCUT2D eigenvalue weighted by Gasteiger charge is 2.59. The topological polar surface area (TPSA) is 52.0 Å². The van der Waals surface area contributed by atoms with Crippen molar-refractivity contribution in [1.82, 2.24) is 0 Å². The first-order valence-corrected chi connectivity index (χ1v) is 24.1. The quantitative estimate of drug-likeness (QED) is 0.0822. The van der Waals surface area contributed by atoms with Crippen molar-refractivity contribution in [3.63, 3.8) is 0 Å². The molecule has 2 aliphatic rings. The zero-order valence-corrected chi connectivity index (χ0v) is 39.5. The summed E-state index contributed by atoms with van der Waals surface area (Å²) in [4.78, 5) is 0. The Labute approximate surface area is 443 Å². The summed E-state index contributed by atoms with van der Waals surface area (Å²) in [5.74, 6) is 1.23. The molecule has 0 unspecified atom stereocenters. The normalized spacial score (nSPS) is 17.6. The molecule has 263 valence electrons. The molecule has 42 heteroatoms.